The van der Waals surface area contributed by atoms with Crippen LogP contribution < -0.4 is 20.7 Å². The van der Waals surface area contributed by atoms with Crippen LogP contribution in [0.25, 0.3) is 0 Å². The highest BCUT2D eigenvalue weighted by molar-refractivity contribution is 5.94. The smallest absolute Gasteiger partial charge is 0.401 e. The summed E-state index contributed by atoms with van der Waals surface area (Å²) in [6.45, 7) is 0.685. The van der Waals surface area contributed by atoms with Gasteiger partial charge in [0.25, 0.3) is 0 Å². The average Bonchev–Trinajstić information content (AvgIpc) is 3.28. The molecule has 38 heavy (non-hydrogen) atoms. The van der Waals surface area contributed by atoms with E-state index >= 15 is 0 Å². The Morgan fingerprint density at radius 1 is 1.11 bits per heavy atom. The third-order valence-electron chi connectivity index (χ3n) is 7.40. The number of nitrogens with zero attached hydrogens (tertiary/aromatic N) is 2. The lowest BCUT2D eigenvalue weighted by molar-refractivity contribution is -0.155. The van der Waals surface area contributed by atoms with Crippen LogP contribution in [0.1, 0.15) is 44.2 Å². The van der Waals surface area contributed by atoms with Crippen LogP contribution in [-0.4, -0.2) is 91.2 Å². The number of fused-ring (bicyclic) bond motifs is 2. The number of rotatable bonds is 6. The van der Waals surface area contributed by atoms with Gasteiger partial charge in [-0.25, -0.2) is 0 Å². The second kappa shape index (κ2) is 12.5. The molecule has 0 aromatic heterocycles. The van der Waals surface area contributed by atoms with E-state index in [1.54, 1.807) is 14.0 Å². The lowest BCUT2D eigenvalue weighted by Gasteiger charge is -2.39. The van der Waals surface area contributed by atoms with Gasteiger partial charge in [-0.1, -0.05) is 18.2 Å². The molecule has 13 heteroatoms. The Hall–Kier alpha value is -2.57. The topological polar surface area (TPSA) is 103 Å². The third-order valence-corrected chi connectivity index (χ3v) is 7.40. The summed E-state index contributed by atoms with van der Waals surface area (Å²) in [4.78, 5) is 42.4. The highest BCUT2D eigenvalue weighted by Crippen LogP contribution is 2.34. The summed E-state index contributed by atoms with van der Waals surface area (Å²) in [7, 11) is 1.57. The number of amides is 3. The lowest BCUT2D eigenvalue weighted by atomic mass is 10.00. The number of nitrogens with one attached hydrogen (secondary N) is 3. The van der Waals surface area contributed by atoms with Crippen molar-refractivity contribution in [1.29, 1.82) is 0 Å². The van der Waals surface area contributed by atoms with E-state index in [4.69, 9.17) is 4.74 Å². The Balaban J connectivity index is 0.00000400. The van der Waals surface area contributed by atoms with E-state index in [9.17, 15) is 27.6 Å². The molecule has 5 atom stereocenters. The van der Waals surface area contributed by atoms with Crippen LogP contribution in [0, 0.1) is 0 Å². The molecule has 0 saturated carbocycles. The summed E-state index contributed by atoms with van der Waals surface area (Å²) in [6.07, 6.45) is -2.63. The summed E-state index contributed by atoms with van der Waals surface area (Å²) in [5, 5.41) is 8.45. The highest BCUT2D eigenvalue weighted by atomic mass is 35.5. The fourth-order valence-electron chi connectivity index (χ4n) is 5.39. The number of likely N-dealkylation sites (N-methyl/N-ethyl adjacent to an activating group) is 1. The van der Waals surface area contributed by atoms with Gasteiger partial charge in [0.05, 0.1) is 25.2 Å². The Bertz CT molecular complexity index is 1010. The average molecular weight is 562 g/mol. The molecule has 1 aromatic rings. The van der Waals surface area contributed by atoms with Crippen LogP contribution in [0.2, 0.25) is 0 Å². The van der Waals surface area contributed by atoms with E-state index in [2.05, 4.69) is 16.0 Å². The number of hydrogen-bond acceptors (Lipinski definition) is 6. The molecule has 3 heterocycles. The van der Waals surface area contributed by atoms with E-state index in [1.807, 2.05) is 24.3 Å². The summed E-state index contributed by atoms with van der Waals surface area (Å²) < 4.78 is 45.3. The predicted octanol–water partition coefficient (Wildman–Crippen LogP) is 1.77. The predicted molar refractivity (Wildman–Crippen MR) is 136 cm³/mol. The molecule has 0 aliphatic carbocycles. The van der Waals surface area contributed by atoms with Gasteiger partial charge >= 0.3 is 6.18 Å². The van der Waals surface area contributed by atoms with Crippen LogP contribution >= 0.6 is 12.4 Å². The molecule has 3 N–H and O–H groups in total. The van der Waals surface area contributed by atoms with E-state index in [0.29, 0.717) is 38.0 Å². The third kappa shape index (κ3) is 6.89. The van der Waals surface area contributed by atoms with E-state index in [-0.39, 0.29) is 43.5 Å². The standard InChI is InChI=1S/C25H34F3N5O4.ClH/c1-15(29-2)22(34)31-19-13-32(14-25(26,27)28)11-9-16-7-8-20(33(16)24(19)36)23(35)30-18-10-12-37-21-6-4-3-5-17(18)21;/h3-6,15-16,18-20,29H,7-14H2,1-2H3,(H,30,35)(H,31,34);1H/t15-,16+,18+,19-,20-;/m0./s1. The van der Waals surface area contributed by atoms with Crippen molar-refractivity contribution in [1.82, 2.24) is 25.8 Å². The molecule has 0 unspecified atom stereocenters. The molecule has 0 bridgehead atoms. The van der Waals surface area contributed by atoms with Gasteiger partial charge in [-0.3, -0.25) is 19.3 Å². The molecular weight excluding hydrogens is 527 g/mol. The molecular formula is C25H35ClF3N5O4. The maximum absolute atomic E-state index is 13.7. The van der Waals surface area contributed by atoms with Crippen molar-refractivity contribution in [2.45, 2.75) is 69.0 Å². The molecule has 4 rings (SSSR count). The minimum absolute atomic E-state index is 0. The van der Waals surface area contributed by atoms with Gasteiger partial charge in [-0.2, -0.15) is 13.2 Å². The molecule has 3 amide bonds. The lowest BCUT2D eigenvalue weighted by Crippen LogP contribution is -2.62. The zero-order valence-corrected chi connectivity index (χ0v) is 22.2. The first-order valence-electron chi connectivity index (χ1n) is 12.7. The summed E-state index contributed by atoms with van der Waals surface area (Å²) in [5.74, 6) is -0.627. The largest absolute Gasteiger partial charge is 0.493 e. The second-order valence-corrected chi connectivity index (χ2v) is 9.94. The molecule has 1 aromatic carbocycles. The van der Waals surface area contributed by atoms with Gasteiger partial charge in [0.1, 0.15) is 17.8 Å². The van der Waals surface area contributed by atoms with E-state index < -0.39 is 42.7 Å². The SMILES string of the molecule is CN[C@@H](C)C(=O)N[C@H]1CN(CC(F)(F)F)CC[C@H]2CC[C@@H](C(=O)N[C@@H]3CCOc4ccccc43)N2C1=O.Cl. The van der Waals surface area contributed by atoms with Crippen molar-refractivity contribution in [2.75, 3.05) is 33.3 Å². The molecule has 0 spiro atoms. The van der Waals surface area contributed by atoms with Gasteiger partial charge < -0.3 is 25.6 Å². The Labute approximate surface area is 226 Å². The number of alkyl halides is 3. The quantitative estimate of drug-likeness (QED) is 0.489. The molecule has 3 aliphatic rings. The van der Waals surface area contributed by atoms with Crippen LogP contribution in [0.5, 0.6) is 5.75 Å². The normalized spacial score (nSPS) is 26.6. The minimum Gasteiger partial charge on any atom is -0.493 e. The van der Waals surface area contributed by atoms with E-state index in [0.717, 1.165) is 10.5 Å². The summed E-state index contributed by atoms with van der Waals surface area (Å²) >= 11 is 0. The number of halogens is 4. The van der Waals surface area contributed by atoms with Crippen molar-refractivity contribution < 1.29 is 32.3 Å². The first kappa shape index (κ1) is 30.0. The second-order valence-electron chi connectivity index (χ2n) is 9.94. The van der Waals surface area contributed by atoms with Gasteiger partial charge in [0, 0.05) is 31.1 Å². The van der Waals surface area contributed by atoms with Crippen molar-refractivity contribution in [3.63, 3.8) is 0 Å². The molecule has 2 saturated heterocycles. The van der Waals surface area contributed by atoms with Gasteiger partial charge in [0.2, 0.25) is 17.7 Å². The minimum atomic E-state index is -4.44. The number of hydrogen-bond donors (Lipinski definition) is 3. The van der Waals surface area contributed by atoms with Gasteiger partial charge in [-0.05, 0) is 39.3 Å². The molecule has 3 aliphatic heterocycles. The number of para-hydroxylation sites is 1. The zero-order valence-electron chi connectivity index (χ0n) is 21.4. The Morgan fingerprint density at radius 2 is 1.84 bits per heavy atom. The first-order chi connectivity index (χ1) is 17.6. The Kier molecular flexibility index (Phi) is 9.88. The molecule has 212 valence electrons. The first-order valence-corrected chi connectivity index (χ1v) is 12.7. The van der Waals surface area contributed by atoms with Crippen molar-refractivity contribution >= 4 is 30.1 Å². The fraction of sp³-hybridized carbons (Fsp3) is 0.640. The van der Waals surface area contributed by atoms with Crippen molar-refractivity contribution in [3.05, 3.63) is 29.8 Å². The zero-order chi connectivity index (χ0) is 26.7. The van der Waals surface area contributed by atoms with Crippen LogP contribution in [-0.2, 0) is 14.4 Å². The molecule has 9 nitrogen and oxygen atoms in total. The van der Waals surface area contributed by atoms with Gasteiger partial charge in [-0.15, -0.1) is 12.4 Å². The van der Waals surface area contributed by atoms with Crippen molar-refractivity contribution in [3.8, 4) is 5.75 Å². The Morgan fingerprint density at radius 3 is 2.55 bits per heavy atom. The van der Waals surface area contributed by atoms with Crippen LogP contribution in [0.4, 0.5) is 13.2 Å². The van der Waals surface area contributed by atoms with Crippen molar-refractivity contribution in [2.24, 2.45) is 0 Å². The summed E-state index contributed by atoms with van der Waals surface area (Å²) in [6, 6.07) is 4.19. The number of ether oxygens (including phenoxy) is 1. The van der Waals surface area contributed by atoms with Crippen LogP contribution in [0.15, 0.2) is 24.3 Å². The fourth-order valence-corrected chi connectivity index (χ4v) is 5.39. The number of benzene rings is 1. The monoisotopic (exact) mass is 561 g/mol. The summed E-state index contributed by atoms with van der Waals surface area (Å²) in [5.41, 5.74) is 0.865. The van der Waals surface area contributed by atoms with Crippen LogP contribution in [0.3, 0.4) is 0 Å². The van der Waals surface area contributed by atoms with E-state index in [1.165, 1.54) is 4.90 Å². The molecule has 2 fully saturated rings. The molecule has 0 radical (unpaired) electrons. The highest BCUT2D eigenvalue weighted by Gasteiger charge is 2.46. The number of carbonyl (C=O) groups excluding carboxylic acids is 3. The maximum atomic E-state index is 13.7. The number of carbonyl (C=O) groups is 3. The van der Waals surface area contributed by atoms with Gasteiger partial charge in [0.15, 0.2) is 0 Å². The maximum Gasteiger partial charge on any atom is 0.401 e.